The highest BCUT2D eigenvalue weighted by Gasteiger charge is 2.36. The minimum atomic E-state index is -0.629. The van der Waals surface area contributed by atoms with E-state index in [-0.39, 0.29) is 18.9 Å². The highest BCUT2D eigenvalue weighted by atomic mass is 16.5. The van der Waals surface area contributed by atoms with Crippen LogP contribution in [-0.2, 0) is 32.0 Å². The molecule has 0 unspecified atom stereocenters. The number of anilines is 2. The van der Waals surface area contributed by atoms with Crippen molar-refractivity contribution in [3.05, 3.63) is 82.9 Å². The van der Waals surface area contributed by atoms with E-state index in [0.29, 0.717) is 11.4 Å². The first-order chi connectivity index (χ1) is 18.3. The molecule has 0 aliphatic carbocycles. The summed E-state index contributed by atoms with van der Waals surface area (Å²) in [5, 5.41) is 2.89. The number of benzene rings is 3. The molecule has 2 amide bonds. The Morgan fingerprint density at radius 2 is 1.58 bits per heavy atom. The number of hydrogen-bond donors (Lipinski definition) is 1. The smallest absolute Gasteiger partial charge is 0.311 e. The van der Waals surface area contributed by atoms with Gasteiger partial charge in [0, 0.05) is 24.3 Å². The number of rotatable bonds is 9. The molecule has 198 valence electrons. The van der Waals surface area contributed by atoms with E-state index >= 15 is 0 Å². The van der Waals surface area contributed by atoms with Crippen LogP contribution in [0.1, 0.15) is 42.5 Å². The monoisotopic (exact) mass is 514 g/mol. The molecule has 3 aromatic rings. The molecule has 0 saturated carbocycles. The first kappa shape index (κ1) is 26.9. The zero-order valence-electron chi connectivity index (χ0n) is 22.4. The molecule has 1 saturated heterocycles. The maximum atomic E-state index is 12.7. The van der Waals surface area contributed by atoms with E-state index in [4.69, 9.17) is 9.47 Å². The summed E-state index contributed by atoms with van der Waals surface area (Å²) in [6.45, 7) is 7.95. The summed E-state index contributed by atoms with van der Waals surface area (Å²) >= 11 is 0. The topological polar surface area (TPSA) is 84.9 Å². The molecular formula is C31H34N2O5. The molecule has 1 atom stereocenters. The fraction of sp³-hybridized carbons (Fsp3) is 0.323. The van der Waals surface area contributed by atoms with E-state index in [2.05, 4.69) is 5.32 Å². The third-order valence-corrected chi connectivity index (χ3v) is 6.93. The third-order valence-electron chi connectivity index (χ3n) is 6.93. The number of ether oxygens (including phenoxy) is 2. The van der Waals surface area contributed by atoms with E-state index in [1.165, 1.54) is 5.56 Å². The fourth-order valence-corrected chi connectivity index (χ4v) is 4.56. The van der Waals surface area contributed by atoms with Crippen molar-refractivity contribution in [3.8, 4) is 11.5 Å². The largest absolute Gasteiger partial charge is 0.457 e. The van der Waals surface area contributed by atoms with Crippen LogP contribution in [0.3, 0.4) is 0 Å². The van der Waals surface area contributed by atoms with E-state index in [0.717, 1.165) is 41.0 Å². The van der Waals surface area contributed by atoms with Crippen LogP contribution in [0.2, 0.25) is 0 Å². The Bertz CT molecular complexity index is 1310. The normalized spacial score (nSPS) is 14.9. The van der Waals surface area contributed by atoms with Crippen LogP contribution < -0.4 is 15.0 Å². The van der Waals surface area contributed by atoms with E-state index < -0.39 is 24.4 Å². The predicted molar refractivity (Wildman–Crippen MR) is 148 cm³/mol. The molecular weight excluding hydrogens is 480 g/mol. The highest BCUT2D eigenvalue weighted by molar-refractivity contribution is 6.00. The summed E-state index contributed by atoms with van der Waals surface area (Å²) in [4.78, 5) is 39.4. The fourth-order valence-electron chi connectivity index (χ4n) is 4.56. The highest BCUT2D eigenvalue weighted by Crippen LogP contribution is 2.30. The van der Waals surface area contributed by atoms with Crippen LogP contribution in [0.5, 0.6) is 11.5 Å². The Morgan fingerprint density at radius 3 is 2.21 bits per heavy atom. The van der Waals surface area contributed by atoms with Gasteiger partial charge in [-0.3, -0.25) is 14.4 Å². The summed E-state index contributed by atoms with van der Waals surface area (Å²) in [5.74, 6) is -0.338. The van der Waals surface area contributed by atoms with Crippen molar-refractivity contribution in [1.29, 1.82) is 0 Å². The van der Waals surface area contributed by atoms with Gasteiger partial charge in [-0.2, -0.15) is 0 Å². The second-order valence-electron chi connectivity index (χ2n) is 9.56. The average Bonchev–Trinajstić information content (AvgIpc) is 3.31. The Balaban J connectivity index is 1.32. The lowest BCUT2D eigenvalue weighted by Crippen LogP contribution is -2.28. The molecule has 7 nitrogen and oxygen atoms in total. The van der Waals surface area contributed by atoms with Gasteiger partial charge in [0.05, 0.1) is 5.92 Å². The number of amides is 2. The molecule has 38 heavy (non-hydrogen) atoms. The van der Waals surface area contributed by atoms with Crippen LogP contribution in [0.25, 0.3) is 0 Å². The lowest BCUT2D eigenvalue weighted by atomic mass is 10.0. The number of para-hydroxylation sites is 1. The number of nitrogens with one attached hydrogen (secondary N) is 1. The number of carbonyl (C=O) groups excluding carboxylic acids is 3. The molecule has 0 aromatic heterocycles. The van der Waals surface area contributed by atoms with Crippen LogP contribution in [-0.4, -0.2) is 30.9 Å². The lowest BCUT2D eigenvalue weighted by molar-refractivity contribution is -0.151. The molecule has 0 bridgehead atoms. The molecule has 0 radical (unpaired) electrons. The van der Waals surface area contributed by atoms with Gasteiger partial charge in [-0.15, -0.1) is 0 Å². The molecule has 7 heteroatoms. The van der Waals surface area contributed by atoms with Gasteiger partial charge in [-0.05, 0) is 85.3 Å². The first-order valence-electron chi connectivity index (χ1n) is 13.0. The Hall–Kier alpha value is -4.13. The summed E-state index contributed by atoms with van der Waals surface area (Å²) in [5.41, 5.74) is 5.87. The van der Waals surface area contributed by atoms with Gasteiger partial charge in [0.1, 0.15) is 11.5 Å². The standard InChI is InChI=1S/C31H34N2O5/c1-5-22-8-7-9-23(6-2)30(22)32-28(34)19-37-31(36)24-17-29(35)33(18-24)25-11-14-26(15-12-25)38-27-13-10-20(3)21(4)16-27/h7-16,24H,5-6,17-19H2,1-4H3,(H,32,34)/t24-/m0/s1. The number of nitrogens with zero attached hydrogens (tertiary/aromatic N) is 1. The van der Waals surface area contributed by atoms with Gasteiger partial charge in [0.25, 0.3) is 5.91 Å². The SMILES string of the molecule is CCc1cccc(CC)c1NC(=O)COC(=O)[C@H]1CC(=O)N(c2ccc(Oc3ccc(C)c(C)c3)cc2)C1. The van der Waals surface area contributed by atoms with Gasteiger partial charge < -0.3 is 19.7 Å². The molecule has 1 heterocycles. The number of carbonyl (C=O) groups is 3. The van der Waals surface area contributed by atoms with Crippen LogP contribution in [0, 0.1) is 19.8 Å². The number of hydrogen-bond acceptors (Lipinski definition) is 5. The van der Waals surface area contributed by atoms with Crippen molar-refractivity contribution in [2.45, 2.75) is 47.0 Å². The molecule has 1 aliphatic rings. The number of aryl methyl sites for hydroxylation is 4. The van der Waals surface area contributed by atoms with Gasteiger partial charge >= 0.3 is 5.97 Å². The Morgan fingerprint density at radius 1 is 0.921 bits per heavy atom. The van der Waals surface area contributed by atoms with Gasteiger partial charge in [0.2, 0.25) is 5.91 Å². The van der Waals surface area contributed by atoms with Crippen molar-refractivity contribution < 1.29 is 23.9 Å². The molecule has 1 N–H and O–H groups in total. The maximum Gasteiger partial charge on any atom is 0.311 e. The average molecular weight is 515 g/mol. The van der Waals surface area contributed by atoms with Gasteiger partial charge in [-0.1, -0.05) is 38.1 Å². The summed E-state index contributed by atoms with van der Waals surface area (Å²) in [6, 6.07) is 19.0. The third kappa shape index (κ3) is 6.22. The molecule has 3 aromatic carbocycles. The minimum Gasteiger partial charge on any atom is -0.457 e. The van der Waals surface area contributed by atoms with Crippen LogP contribution in [0.15, 0.2) is 60.7 Å². The zero-order valence-corrected chi connectivity index (χ0v) is 22.4. The summed E-state index contributed by atoms with van der Waals surface area (Å²) < 4.78 is 11.2. The summed E-state index contributed by atoms with van der Waals surface area (Å²) in [7, 11) is 0. The minimum absolute atomic E-state index is 0.0417. The maximum absolute atomic E-state index is 12.7. The molecule has 4 rings (SSSR count). The predicted octanol–water partition coefficient (Wildman–Crippen LogP) is 5.76. The Labute approximate surface area is 223 Å². The van der Waals surface area contributed by atoms with Gasteiger partial charge in [-0.25, -0.2) is 0 Å². The van der Waals surface area contributed by atoms with E-state index in [9.17, 15) is 14.4 Å². The first-order valence-corrected chi connectivity index (χ1v) is 13.0. The quantitative estimate of drug-likeness (QED) is 0.367. The Kier molecular flexibility index (Phi) is 8.46. The van der Waals surface area contributed by atoms with Crippen molar-refractivity contribution >= 4 is 29.2 Å². The van der Waals surface area contributed by atoms with E-state index in [1.54, 1.807) is 29.2 Å². The van der Waals surface area contributed by atoms with Crippen molar-refractivity contribution in [3.63, 3.8) is 0 Å². The van der Waals surface area contributed by atoms with Crippen molar-refractivity contribution in [1.82, 2.24) is 0 Å². The molecule has 1 aliphatic heterocycles. The second kappa shape index (κ2) is 11.9. The zero-order chi connectivity index (χ0) is 27.2. The van der Waals surface area contributed by atoms with Crippen molar-refractivity contribution in [2.24, 2.45) is 5.92 Å². The summed E-state index contributed by atoms with van der Waals surface area (Å²) in [6.07, 6.45) is 1.60. The van der Waals surface area contributed by atoms with Gasteiger partial charge in [0.15, 0.2) is 6.61 Å². The molecule has 0 spiro atoms. The lowest BCUT2D eigenvalue weighted by Gasteiger charge is -2.17. The molecule has 1 fully saturated rings. The van der Waals surface area contributed by atoms with Crippen LogP contribution >= 0.6 is 0 Å². The van der Waals surface area contributed by atoms with E-state index in [1.807, 2.05) is 64.1 Å². The second-order valence-corrected chi connectivity index (χ2v) is 9.56. The number of esters is 1. The van der Waals surface area contributed by atoms with Crippen LogP contribution in [0.4, 0.5) is 11.4 Å². The van der Waals surface area contributed by atoms with Crippen molar-refractivity contribution in [2.75, 3.05) is 23.4 Å².